The average Bonchev–Trinajstić information content (AvgIpc) is 3.54. The number of hydrogen-bond donors (Lipinski definition) is 5. The zero-order valence-corrected chi connectivity index (χ0v) is 24.9. The van der Waals surface area contributed by atoms with Crippen molar-refractivity contribution in [2.75, 3.05) is 25.4 Å². The second-order valence-electron chi connectivity index (χ2n) is 10.5. The van der Waals surface area contributed by atoms with Gasteiger partial charge in [-0.05, 0) is 51.4 Å². The number of nitrogens with one attached hydrogen (secondary N) is 2. The van der Waals surface area contributed by atoms with E-state index in [2.05, 4.69) is 30.0 Å². The molecule has 0 bridgehead atoms. The van der Waals surface area contributed by atoms with Crippen LogP contribution in [0.5, 0.6) is 5.75 Å². The first-order chi connectivity index (χ1) is 20.7. The molecule has 5 heterocycles. The van der Waals surface area contributed by atoms with Gasteiger partial charge in [0.1, 0.15) is 29.7 Å². The predicted molar refractivity (Wildman–Crippen MR) is 152 cm³/mol. The lowest BCUT2D eigenvalue weighted by Crippen LogP contribution is -2.76. The highest BCUT2D eigenvalue weighted by Crippen LogP contribution is 2.33. The maximum atomic E-state index is 13.2. The summed E-state index contributed by atoms with van der Waals surface area (Å²) >= 11 is 0.963. The van der Waals surface area contributed by atoms with E-state index in [9.17, 15) is 27.9 Å². The molecule has 2 fully saturated rings. The molecule has 3 aromatic rings. The van der Waals surface area contributed by atoms with Gasteiger partial charge >= 0.3 is 16.4 Å². The zero-order valence-electron chi connectivity index (χ0n) is 23.2. The third kappa shape index (κ3) is 6.73. The fourth-order valence-electron chi connectivity index (χ4n) is 4.45. The summed E-state index contributed by atoms with van der Waals surface area (Å²) in [5.41, 5.74) is 5.30. The Morgan fingerprint density at radius 1 is 1.30 bits per heavy atom. The van der Waals surface area contributed by atoms with Crippen molar-refractivity contribution in [3.8, 4) is 5.75 Å². The lowest BCUT2D eigenvalue weighted by Gasteiger charge is -2.50. The molecular weight excluding hydrogens is 624 g/mol. The first-order valence-corrected chi connectivity index (χ1v) is 15.3. The molecule has 2 saturated heterocycles. The van der Waals surface area contributed by atoms with E-state index in [4.69, 9.17) is 19.9 Å². The number of aromatic nitrogens is 3. The molecule has 0 aliphatic carbocycles. The van der Waals surface area contributed by atoms with E-state index >= 15 is 0 Å². The standard InChI is InChI=1S/C24H28N8O10S2/c1-24(2)19(21(34)32(24)42-44(37,38)39)29-20(33)18(15-11-43-23(25)28-15)30-41-16(22(35)36)10-40-14-3-4-17-27-13(8-31(17)9-14)5-12-6-26-7-12/h3-4,8-9,11-12,16,19,26H,5-7,10H2,1-2H3,(H2,25,28)(H,29,33)(H,35,36)(H,37,38,39)/b30-18-/t16-,19-/m1/s1. The van der Waals surface area contributed by atoms with Gasteiger partial charge in [-0.2, -0.15) is 13.5 Å². The number of aliphatic carboxylic acids is 1. The molecule has 2 aliphatic heterocycles. The van der Waals surface area contributed by atoms with Crippen molar-refractivity contribution in [1.29, 1.82) is 0 Å². The summed E-state index contributed by atoms with van der Waals surface area (Å²) in [7, 11) is -5.01. The number of anilines is 1. The molecule has 18 nitrogen and oxygen atoms in total. The number of hydroxylamine groups is 2. The minimum Gasteiger partial charge on any atom is -0.487 e. The molecule has 0 spiro atoms. The molecule has 236 valence electrons. The number of rotatable bonds is 13. The number of β-lactam (4-membered cyclic amide) rings is 1. The Hall–Kier alpha value is -4.37. The van der Waals surface area contributed by atoms with Gasteiger partial charge in [-0.3, -0.25) is 14.1 Å². The van der Waals surface area contributed by atoms with Crippen LogP contribution < -0.4 is 21.1 Å². The number of nitrogens with zero attached hydrogens (tertiary/aromatic N) is 5. The summed E-state index contributed by atoms with van der Waals surface area (Å²) in [6.07, 6.45) is 2.69. The number of carbonyl (C=O) groups excluding carboxylic acids is 2. The van der Waals surface area contributed by atoms with Gasteiger partial charge in [0.2, 0.25) is 0 Å². The van der Waals surface area contributed by atoms with Gasteiger partial charge < -0.3 is 35.4 Å². The van der Waals surface area contributed by atoms with Crippen molar-refractivity contribution in [1.82, 2.24) is 30.1 Å². The Morgan fingerprint density at radius 3 is 2.64 bits per heavy atom. The number of amides is 2. The van der Waals surface area contributed by atoms with E-state index in [0.29, 0.717) is 22.4 Å². The van der Waals surface area contributed by atoms with Crippen molar-refractivity contribution < 1.29 is 46.3 Å². The maximum Gasteiger partial charge on any atom is 0.418 e. The molecule has 5 rings (SSSR count). The highest BCUT2D eigenvalue weighted by atomic mass is 32.3. The Kier molecular flexibility index (Phi) is 8.44. The second-order valence-corrected chi connectivity index (χ2v) is 12.4. The van der Waals surface area contributed by atoms with Crippen LogP contribution in [0.3, 0.4) is 0 Å². The van der Waals surface area contributed by atoms with Crippen molar-refractivity contribution in [3.05, 3.63) is 41.3 Å². The predicted octanol–water partition coefficient (Wildman–Crippen LogP) is -0.772. The smallest absolute Gasteiger partial charge is 0.418 e. The van der Waals surface area contributed by atoms with Crippen LogP contribution in [0.2, 0.25) is 0 Å². The fraction of sp³-hybridized carbons (Fsp3) is 0.417. The molecule has 0 saturated carbocycles. The number of oxime groups is 1. The summed E-state index contributed by atoms with van der Waals surface area (Å²) in [6.45, 7) is 4.13. The van der Waals surface area contributed by atoms with Crippen LogP contribution in [0.25, 0.3) is 5.65 Å². The molecular formula is C24H28N8O10S2. The lowest BCUT2D eigenvalue weighted by atomic mass is 9.84. The fourth-order valence-corrected chi connectivity index (χ4v) is 5.45. The number of nitrogens with two attached hydrogens (primary N) is 1. The molecule has 0 unspecified atom stereocenters. The monoisotopic (exact) mass is 652 g/mol. The highest BCUT2D eigenvalue weighted by molar-refractivity contribution is 7.80. The first-order valence-electron chi connectivity index (χ1n) is 13.0. The number of nitrogen functional groups attached to an aromatic ring is 1. The van der Waals surface area contributed by atoms with Gasteiger partial charge in [-0.15, -0.1) is 15.6 Å². The second kappa shape index (κ2) is 12.0. The van der Waals surface area contributed by atoms with Crippen molar-refractivity contribution in [2.45, 2.75) is 38.0 Å². The number of carbonyl (C=O) groups is 3. The molecule has 0 radical (unpaired) electrons. The number of fused-ring (bicyclic) bond motifs is 1. The molecule has 6 N–H and O–H groups in total. The van der Waals surface area contributed by atoms with E-state index in [0.717, 1.165) is 36.5 Å². The van der Waals surface area contributed by atoms with Crippen LogP contribution in [0.1, 0.15) is 25.2 Å². The summed E-state index contributed by atoms with van der Waals surface area (Å²) in [5, 5.41) is 20.8. The third-order valence-corrected chi connectivity index (χ3v) is 7.90. The van der Waals surface area contributed by atoms with Crippen molar-refractivity contribution in [3.63, 3.8) is 0 Å². The Labute approximate surface area is 253 Å². The number of ether oxygens (including phenoxy) is 1. The Morgan fingerprint density at radius 2 is 2.05 bits per heavy atom. The van der Waals surface area contributed by atoms with Gasteiger partial charge in [0, 0.05) is 11.6 Å². The minimum atomic E-state index is -5.01. The summed E-state index contributed by atoms with van der Waals surface area (Å²) < 4.78 is 42.8. The lowest BCUT2D eigenvalue weighted by molar-refractivity contribution is -0.218. The Balaban J connectivity index is 1.27. The largest absolute Gasteiger partial charge is 0.487 e. The van der Waals surface area contributed by atoms with Crippen LogP contribution in [0.4, 0.5) is 5.13 Å². The van der Waals surface area contributed by atoms with Gasteiger partial charge in [0.05, 0.1) is 17.4 Å². The van der Waals surface area contributed by atoms with Gasteiger partial charge in [-0.1, -0.05) is 5.16 Å². The molecule has 44 heavy (non-hydrogen) atoms. The number of pyridine rings is 1. The van der Waals surface area contributed by atoms with E-state index in [1.807, 2.05) is 6.20 Å². The topological polar surface area (TPSA) is 249 Å². The molecule has 2 aliphatic rings. The van der Waals surface area contributed by atoms with E-state index in [1.165, 1.54) is 19.2 Å². The van der Waals surface area contributed by atoms with Crippen LogP contribution in [0.15, 0.2) is 35.1 Å². The van der Waals surface area contributed by atoms with Crippen LogP contribution in [-0.2, 0) is 40.3 Å². The highest BCUT2D eigenvalue weighted by Gasteiger charge is 2.58. The molecule has 2 atom stereocenters. The van der Waals surface area contributed by atoms with Crippen LogP contribution in [0, 0.1) is 5.92 Å². The van der Waals surface area contributed by atoms with E-state index in [-0.39, 0.29) is 10.8 Å². The van der Waals surface area contributed by atoms with Gasteiger partial charge in [0.15, 0.2) is 10.8 Å². The Bertz CT molecular complexity index is 1730. The van der Waals surface area contributed by atoms with Crippen molar-refractivity contribution >= 4 is 56.0 Å². The van der Waals surface area contributed by atoms with Crippen LogP contribution >= 0.6 is 11.3 Å². The normalized spacial score (nSPS) is 19.2. The summed E-state index contributed by atoms with van der Waals surface area (Å²) in [5.74, 6) is -2.58. The number of carboxylic acid groups (broad SMARTS) is 1. The molecule has 3 aromatic heterocycles. The molecule has 2 amide bonds. The van der Waals surface area contributed by atoms with Gasteiger partial charge in [-0.25, -0.2) is 14.8 Å². The number of imidazole rings is 1. The number of thiazole rings is 1. The first kappa shape index (κ1) is 31.1. The molecule has 20 heteroatoms. The number of carboxylic acids is 1. The quantitative estimate of drug-likeness (QED) is 0.0658. The SMILES string of the molecule is CC1(C)[C@H](NC(=O)/C(=N\O[C@H](COc2ccc3nc(CC4CNC4)cn3c2)C(=O)O)c2csc(N)n2)C(=O)N1OS(=O)(=O)O. The maximum absolute atomic E-state index is 13.2. The minimum absolute atomic E-state index is 0.0637. The van der Waals surface area contributed by atoms with Crippen molar-refractivity contribution in [2.24, 2.45) is 11.1 Å². The average molecular weight is 653 g/mol. The third-order valence-electron chi connectivity index (χ3n) is 6.89. The van der Waals surface area contributed by atoms with Crippen LogP contribution in [-0.4, -0.2) is 98.4 Å². The zero-order chi connectivity index (χ0) is 31.8. The summed E-state index contributed by atoms with van der Waals surface area (Å²) in [4.78, 5) is 51.4. The summed E-state index contributed by atoms with van der Waals surface area (Å²) in [6, 6.07) is 2.04. The van der Waals surface area contributed by atoms with E-state index in [1.54, 1.807) is 22.7 Å². The molecule has 0 aromatic carbocycles. The van der Waals surface area contributed by atoms with Gasteiger partial charge in [0.25, 0.3) is 17.9 Å². The van der Waals surface area contributed by atoms with E-state index < -0.39 is 58.2 Å². The number of hydrogen-bond acceptors (Lipinski definition) is 14.